The highest BCUT2D eigenvalue weighted by Gasteiger charge is 2.34. The molecule has 6 heteroatoms. The van der Waals surface area contributed by atoms with E-state index in [4.69, 9.17) is 5.11 Å². The number of esters is 1. The first kappa shape index (κ1) is 10.2. The molecule has 0 heterocycles. The molecule has 1 N–H and O–H groups in total. The highest BCUT2D eigenvalue weighted by atomic mass is 19.4. The molecule has 0 saturated heterocycles. The number of alkyl halides is 3. The van der Waals surface area contributed by atoms with E-state index < -0.39 is 24.7 Å². The molecule has 1 atom stereocenters. The monoisotopic (exact) mass is 172 g/mol. The molecular formula is C5H7F3O3. The first-order chi connectivity index (χ1) is 4.87. The third kappa shape index (κ3) is 4.60. The first-order valence-corrected chi connectivity index (χ1v) is 2.69. The molecule has 0 aliphatic rings. The van der Waals surface area contributed by atoms with E-state index in [0.717, 1.165) is 7.11 Å². The fraction of sp³-hybridized carbons (Fsp3) is 0.800. The number of carbonyl (C=O) groups is 1. The van der Waals surface area contributed by atoms with Gasteiger partial charge in [-0.15, -0.1) is 0 Å². The van der Waals surface area contributed by atoms with Crippen molar-refractivity contribution in [1.29, 1.82) is 0 Å². The summed E-state index contributed by atoms with van der Waals surface area (Å²) >= 11 is 0. The van der Waals surface area contributed by atoms with Crippen LogP contribution in [0.3, 0.4) is 0 Å². The maximum absolute atomic E-state index is 11.4. The Hall–Kier alpha value is -0.780. The fourth-order valence-corrected chi connectivity index (χ4v) is 0.439. The van der Waals surface area contributed by atoms with E-state index in [2.05, 4.69) is 4.74 Å². The number of carbonyl (C=O) groups excluding carboxylic acids is 1. The van der Waals surface area contributed by atoms with Gasteiger partial charge in [0, 0.05) is 0 Å². The number of hydrogen-bond acceptors (Lipinski definition) is 3. The number of aliphatic hydroxyl groups excluding tert-OH is 1. The van der Waals surface area contributed by atoms with E-state index in [1.807, 2.05) is 0 Å². The van der Waals surface area contributed by atoms with Gasteiger partial charge in [0.05, 0.1) is 13.5 Å². The summed E-state index contributed by atoms with van der Waals surface area (Å²) in [7, 11) is 0.905. The van der Waals surface area contributed by atoms with Crippen molar-refractivity contribution in [2.24, 2.45) is 0 Å². The molecule has 0 saturated carbocycles. The van der Waals surface area contributed by atoms with Gasteiger partial charge in [0.15, 0.2) is 6.10 Å². The first-order valence-electron chi connectivity index (χ1n) is 2.69. The molecule has 0 aromatic carbocycles. The zero-order valence-electron chi connectivity index (χ0n) is 5.68. The molecule has 66 valence electrons. The van der Waals surface area contributed by atoms with Crippen LogP contribution in [0, 0.1) is 0 Å². The number of halogens is 3. The standard InChI is InChI=1S/C5H7F3O3/c1-11-4(10)3(9)2-5(6,7)8/h3,9H,2H2,1H3. The molecule has 3 nitrogen and oxygen atoms in total. The van der Waals surface area contributed by atoms with Crippen molar-refractivity contribution in [3.8, 4) is 0 Å². The molecule has 0 spiro atoms. The van der Waals surface area contributed by atoms with Crippen molar-refractivity contribution in [3.05, 3.63) is 0 Å². The predicted molar refractivity (Wildman–Crippen MR) is 28.7 cm³/mol. The molecule has 0 aliphatic heterocycles. The Labute approximate surface area is 60.8 Å². The van der Waals surface area contributed by atoms with E-state index >= 15 is 0 Å². The predicted octanol–water partition coefficient (Wildman–Crippen LogP) is 0.473. The summed E-state index contributed by atoms with van der Waals surface area (Å²) in [4.78, 5) is 10.2. The molecule has 0 aromatic heterocycles. The Balaban J connectivity index is 3.87. The van der Waals surface area contributed by atoms with Gasteiger partial charge in [-0.2, -0.15) is 13.2 Å². The van der Waals surface area contributed by atoms with Gasteiger partial charge in [-0.1, -0.05) is 0 Å². The molecule has 0 aromatic rings. The van der Waals surface area contributed by atoms with Gasteiger partial charge < -0.3 is 9.84 Å². The smallest absolute Gasteiger partial charge is 0.392 e. The minimum absolute atomic E-state index is 0.905. The normalized spacial score (nSPS) is 14.3. The summed E-state index contributed by atoms with van der Waals surface area (Å²) in [6, 6.07) is 0. The largest absolute Gasteiger partial charge is 0.467 e. The number of ether oxygens (including phenoxy) is 1. The maximum Gasteiger partial charge on any atom is 0.392 e. The summed E-state index contributed by atoms with van der Waals surface area (Å²) in [6.07, 6.45) is -8.23. The van der Waals surface area contributed by atoms with Crippen molar-refractivity contribution in [2.45, 2.75) is 18.7 Å². The van der Waals surface area contributed by atoms with Crippen LogP contribution >= 0.6 is 0 Å². The van der Waals surface area contributed by atoms with Crippen LogP contribution in [-0.4, -0.2) is 30.5 Å². The Morgan fingerprint density at radius 3 is 2.36 bits per heavy atom. The molecule has 0 rings (SSSR count). The zero-order valence-corrected chi connectivity index (χ0v) is 5.68. The van der Waals surface area contributed by atoms with Crippen LogP contribution in [0.15, 0.2) is 0 Å². The van der Waals surface area contributed by atoms with Gasteiger partial charge in [0.1, 0.15) is 0 Å². The van der Waals surface area contributed by atoms with E-state index in [9.17, 15) is 18.0 Å². The average molecular weight is 172 g/mol. The summed E-state index contributed by atoms with van der Waals surface area (Å²) < 4.78 is 38.2. The lowest BCUT2D eigenvalue weighted by Gasteiger charge is -2.10. The molecular weight excluding hydrogens is 165 g/mol. The van der Waals surface area contributed by atoms with Gasteiger partial charge in [0.2, 0.25) is 0 Å². The number of aliphatic hydroxyl groups is 1. The van der Waals surface area contributed by atoms with Crippen LogP contribution in [0.2, 0.25) is 0 Å². The minimum Gasteiger partial charge on any atom is -0.467 e. The highest BCUT2D eigenvalue weighted by Crippen LogP contribution is 2.21. The van der Waals surface area contributed by atoms with Gasteiger partial charge in [-0.05, 0) is 0 Å². The van der Waals surface area contributed by atoms with Crippen molar-refractivity contribution >= 4 is 5.97 Å². The number of hydrogen-bond donors (Lipinski definition) is 1. The van der Waals surface area contributed by atoms with Crippen molar-refractivity contribution in [2.75, 3.05) is 7.11 Å². The van der Waals surface area contributed by atoms with Crippen molar-refractivity contribution in [1.82, 2.24) is 0 Å². The SMILES string of the molecule is COC(=O)C(O)CC(F)(F)F. The van der Waals surface area contributed by atoms with E-state index in [1.165, 1.54) is 0 Å². The van der Waals surface area contributed by atoms with E-state index in [-0.39, 0.29) is 0 Å². The lowest BCUT2D eigenvalue weighted by atomic mass is 10.2. The molecule has 11 heavy (non-hydrogen) atoms. The van der Waals surface area contributed by atoms with Gasteiger partial charge in [-0.3, -0.25) is 0 Å². The Kier molecular flexibility index (Phi) is 3.31. The Morgan fingerprint density at radius 1 is 1.64 bits per heavy atom. The Morgan fingerprint density at radius 2 is 2.09 bits per heavy atom. The summed E-state index contributed by atoms with van der Waals surface area (Å²) in [5, 5.41) is 8.46. The third-order valence-corrected chi connectivity index (χ3v) is 0.898. The van der Waals surface area contributed by atoms with Crippen molar-refractivity contribution in [3.63, 3.8) is 0 Å². The third-order valence-electron chi connectivity index (χ3n) is 0.898. The van der Waals surface area contributed by atoms with Crippen LogP contribution in [-0.2, 0) is 9.53 Å². The van der Waals surface area contributed by atoms with Crippen LogP contribution in [0.4, 0.5) is 13.2 Å². The minimum atomic E-state index is -4.55. The molecule has 0 radical (unpaired) electrons. The molecule has 0 bridgehead atoms. The maximum atomic E-state index is 11.4. The topological polar surface area (TPSA) is 46.5 Å². The summed E-state index contributed by atoms with van der Waals surface area (Å²) in [6.45, 7) is 0. The second-order valence-corrected chi connectivity index (χ2v) is 1.86. The van der Waals surface area contributed by atoms with Crippen LogP contribution in [0.25, 0.3) is 0 Å². The van der Waals surface area contributed by atoms with Crippen LogP contribution < -0.4 is 0 Å². The second kappa shape index (κ2) is 3.56. The number of methoxy groups -OCH3 is 1. The van der Waals surface area contributed by atoms with E-state index in [1.54, 1.807) is 0 Å². The summed E-state index contributed by atoms with van der Waals surface area (Å²) in [5.41, 5.74) is 0. The van der Waals surface area contributed by atoms with Crippen LogP contribution in [0.5, 0.6) is 0 Å². The lowest BCUT2D eigenvalue weighted by molar-refractivity contribution is -0.174. The van der Waals surface area contributed by atoms with Gasteiger partial charge >= 0.3 is 12.1 Å². The van der Waals surface area contributed by atoms with Gasteiger partial charge in [-0.25, -0.2) is 4.79 Å². The second-order valence-electron chi connectivity index (χ2n) is 1.86. The highest BCUT2D eigenvalue weighted by molar-refractivity contribution is 5.74. The number of rotatable bonds is 2. The Bertz CT molecular complexity index is 142. The summed E-state index contributed by atoms with van der Waals surface area (Å²) in [5.74, 6) is -1.28. The lowest BCUT2D eigenvalue weighted by Crippen LogP contribution is -2.28. The molecule has 0 fully saturated rings. The van der Waals surface area contributed by atoms with Crippen molar-refractivity contribution < 1.29 is 27.8 Å². The average Bonchev–Trinajstić information content (AvgIpc) is 1.82. The quantitative estimate of drug-likeness (QED) is 0.616. The molecule has 0 amide bonds. The zero-order chi connectivity index (χ0) is 9.07. The van der Waals surface area contributed by atoms with E-state index in [0.29, 0.717) is 0 Å². The fourth-order valence-electron chi connectivity index (χ4n) is 0.439. The molecule has 1 unspecified atom stereocenters. The molecule has 0 aliphatic carbocycles. The van der Waals surface area contributed by atoms with Crippen LogP contribution in [0.1, 0.15) is 6.42 Å². The van der Waals surface area contributed by atoms with Gasteiger partial charge in [0.25, 0.3) is 0 Å².